The molecule has 0 saturated heterocycles. The van der Waals surface area contributed by atoms with E-state index in [9.17, 15) is 0 Å². The first-order valence-electron chi connectivity index (χ1n) is 18.4. The Morgan fingerprint density at radius 3 is 1.84 bits per heavy atom. The van der Waals surface area contributed by atoms with Crippen molar-refractivity contribution in [1.82, 2.24) is 9.13 Å². The van der Waals surface area contributed by atoms with Crippen LogP contribution < -0.4 is 0 Å². The van der Waals surface area contributed by atoms with Gasteiger partial charge in [-0.1, -0.05) is 97.1 Å². The third kappa shape index (κ3) is 4.02. The molecule has 0 aliphatic carbocycles. The van der Waals surface area contributed by atoms with Crippen molar-refractivity contribution < 1.29 is 8.83 Å². The summed E-state index contributed by atoms with van der Waals surface area (Å²) in [6.45, 7) is 16.7. The maximum Gasteiger partial charge on any atom is 0.210 e. The summed E-state index contributed by atoms with van der Waals surface area (Å²) in [4.78, 5) is 8.14. The van der Waals surface area contributed by atoms with Crippen molar-refractivity contribution in [2.75, 3.05) is 0 Å². The monoisotopic (exact) mass is 714 g/mol. The second kappa shape index (κ2) is 11.2. The van der Waals surface area contributed by atoms with Crippen molar-refractivity contribution in [3.8, 4) is 22.5 Å². The second-order valence-electron chi connectivity index (χ2n) is 14.2. The van der Waals surface area contributed by atoms with E-state index in [2.05, 4.69) is 104 Å². The number of furan rings is 2. The van der Waals surface area contributed by atoms with Gasteiger partial charge in [-0.25, -0.2) is 9.69 Å². The van der Waals surface area contributed by atoms with Crippen LogP contribution in [0.25, 0.3) is 120 Å². The Labute approximate surface area is 318 Å². The Kier molecular flexibility index (Phi) is 6.10. The van der Waals surface area contributed by atoms with Gasteiger partial charge in [-0.05, 0) is 66.2 Å². The van der Waals surface area contributed by atoms with E-state index in [1.165, 1.54) is 0 Å². The van der Waals surface area contributed by atoms with Crippen LogP contribution in [0.5, 0.6) is 0 Å². The molecule has 4 aromatic heterocycles. The zero-order valence-electron chi connectivity index (χ0n) is 29.6. The number of fused-ring (bicyclic) bond motifs is 13. The number of rotatable bonds is 3. The molecule has 0 spiro atoms. The number of nitrogens with zero attached hydrogens (tertiary/aromatic N) is 4. The molecule has 0 radical (unpaired) electrons. The lowest BCUT2D eigenvalue weighted by molar-refractivity contribution is 0.669. The fraction of sp³-hybridized carbons (Fsp3) is 0. The van der Waals surface area contributed by atoms with Gasteiger partial charge >= 0.3 is 0 Å². The van der Waals surface area contributed by atoms with Crippen LogP contribution in [-0.2, 0) is 0 Å². The number of aromatic nitrogens is 2. The first-order valence-corrected chi connectivity index (χ1v) is 18.4. The number of para-hydroxylation sites is 4. The van der Waals surface area contributed by atoms with Crippen molar-refractivity contribution in [2.45, 2.75) is 0 Å². The maximum absolute atomic E-state index is 8.41. The number of benzene rings is 8. The third-order valence-corrected chi connectivity index (χ3v) is 11.4. The Hall–Kier alpha value is -8.06. The van der Waals surface area contributed by atoms with Gasteiger partial charge in [-0.15, -0.1) is 0 Å². The molecule has 0 unspecified atom stereocenters. The minimum atomic E-state index is 0.508. The highest BCUT2D eigenvalue weighted by Crippen LogP contribution is 2.46. The average Bonchev–Trinajstić information content (AvgIpc) is 3.99. The molecule has 6 heteroatoms. The Morgan fingerprint density at radius 1 is 0.393 bits per heavy atom. The minimum Gasteiger partial charge on any atom is -0.456 e. The molecular formula is C50H26N4O2. The molecule has 0 atom stereocenters. The zero-order chi connectivity index (χ0) is 37.1. The van der Waals surface area contributed by atoms with Crippen LogP contribution in [0, 0.1) is 13.1 Å². The molecule has 0 amide bonds. The van der Waals surface area contributed by atoms with Gasteiger partial charge in [0.05, 0.1) is 46.3 Å². The first-order chi connectivity index (χ1) is 27.7. The molecular weight excluding hydrogens is 689 g/mol. The molecule has 258 valence electrons. The lowest BCUT2D eigenvalue weighted by Gasteiger charge is -2.18. The SMILES string of the molecule is [C-]#[N+]c1ccc(-c2c([N+]#[C-])cccc2-n2c3ccccc3c3cc4oc5ccccc5c4cc32)cc1-n1c2ccccc2c2c3oc4ccccc4c3ccc21. The lowest BCUT2D eigenvalue weighted by Crippen LogP contribution is -1.99. The van der Waals surface area contributed by atoms with Crippen molar-refractivity contribution in [2.24, 2.45) is 0 Å². The smallest absolute Gasteiger partial charge is 0.210 e. The zero-order valence-corrected chi connectivity index (χ0v) is 29.6. The Balaban J connectivity index is 1.16. The molecule has 0 aliphatic rings. The van der Waals surface area contributed by atoms with Crippen molar-refractivity contribution >= 4 is 98.9 Å². The molecule has 8 aromatic carbocycles. The summed E-state index contributed by atoms with van der Waals surface area (Å²) in [6, 6.07) is 53.4. The normalized spacial score (nSPS) is 11.9. The Bertz CT molecular complexity index is 3750. The quantitative estimate of drug-likeness (QED) is 0.171. The summed E-state index contributed by atoms with van der Waals surface area (Å²) in [6.07, 6.45) is 0. The molecule has 0 N–H and O–H groups in total. The van der Waals surface area contributed by atoms with Gasteiger partial charge in [0, 0.05) is 49.0 Å². The molecule has 56 heavy (non-hydrogen) atoms. The van der Waals surface area contributed by atoms with Gasteiger partial charge in [0.25, 0.3) is 0 Å². The van der Waals surface area contributed by atoms with E-state index in [1.54, 1.807) is 0 Å². The van der Waals surface area contributed by atoms with Crippen LogP contribution in [0.3, 0.4) is 0 Å². The van der Waals surface area contributed by atoms with Crippen LogP contribution in [0.2, 0.25) is 0 Å². The molecule has 0 saturated carbocycles. The van der Waals surface area contributed by atoms with Crippen molar-refractivity contribution in [3.63, 3.8) is 0 Å². The highest BCUT2D eigenvalue weighted by atomic mass is 16.3. The van der Waals surface area contributed by atoms with Crippen LogP contribution in [-0.4, -0.2) is 9.13 Å². The maximum atomic E-state index is 8.41. The van der Waals surface area contributed by atoms with Gasteiger partial charge in [0.1, 0.15) is 22.3 Å². The number of hydrogen-bond donors (Lipinski definition) is 0. The van der Waals surface area contributed by atoms with E-state index in [4.69, 9.17) is 22.0 Å². The number of hydrogen-bond acceptors (Lipinski definition) is 2. The van der Waals surface area contributed by atoms with Crippen LogP contribution in [0.15, 0.2) is 167 Å². The predicted molar refractivity (Wildman–Crippen MR) is 228 cm³/mol. The Morgan fingerprint density at radius 2 is 1.05 bits per heavy atom. The van der Waals surface area contributed by atoms with E-state index in [0.29, 0.717) is 11.4 Å². The highest BCUT2D eigenvalue weighted by Gasteiger charge is 2.23. The summed E-state index contributed by atoms with van der Waals surface area (Å²) in [5.41, 5.74) is 11.6. The molecule has 0 aliphatic heterocycles. The first kappa shape index (κ1) is 30.4. The highest BCUT2D eigenvalue weighted by molar-refractivity contribution is 6.24. The largest absolute Gasteiger partial charge is 0.456 e. The summed E-state index contributed by atoms with van der Waals surface area (Å²) < 4.78 is 17.4. The fourth-order valence-corrected chi connectivity index (χ4v) is 9.00. The summed E-state index contributed by atoms with van der Waals surface area (Å²) in [5.74, 6) is 0. The van der Waals surface area contributed by atoms with Crippen LogP contribution in [0.4, 0.5) is 11.4 Å². The topological polar surface area (TPSA) is 44.9 Å². The summed E-state index contributed by atoms with van der Waals surface area (Å²) in [5, 5.41) is 8.42. The summed E-state index contributed by atoms with van der Waals surface area (Å²) in [7, 11) is 0. The van der Waals surface area contributed by atoms with Crippen molar-refractivity contribution in [3.05, 3.63) is 181 Å². The van der Waals surface area contributed by atoms with Gasteiger partial charge in [0.15, 0.2) is 5.69 Å². The van der Waals surface area contributed by atoms with Crippen LogP contribution >= 0.6 is 0 Å². The molecule has 0 fully saturated rings. The van der Waals surface area contributed by atoms with Crippen LogP contribution in [0.1, 0.15) is 0 Å². The second-order valence-corrected chi connectivity index (χ2v) is 14.2. The van der Waals surface area contributed by atoms with Crippen molar-refractivity contribution in [1.29, 1.82) is 0 Å². The van der Waals surface area contributed by atoms with E-state index in [-0.39, 0.29) is 0 Å². The van der Waals surface area contributed by atoms with Gasteiger partial charge in [-0.3, -0.25) is 0 Å². The van der Waals surface area contributed by atoms with E-state index >= 15 is 0 Å². The standard InChI is InChI=1S/C50H26N4O2/c1-51-37-24-22-29(26-44(37)54-40-18-8-4-15-34(40)49-42(54)25-23-33-31-13-5-10-21-46(31)56-50(33)49)48-38(52-2)16-11-19-41(48)53-39-17-7-3-12-30(39)35-28-47-36(27-43(35)53)32-14-6-9-20-45(32)55-47/h3-28H. The van der Waals surface area contributed by atoms with E-state index in [0.717, 1.165) is 110 Å². The molecule has 4 heterocycles. The predicted octanol–water partition coefficient (Wildman–Crippen LogP) is 14.4. The van der Waals surface area contributed by atoms with Gasteiger partial charge < -0.3 is 18.0 Å². The van der Waals surface area contributed by atoms with E-state index < -0.39 is 0 Å². The lowest BCUT2D eigenvalue weighted by atomic mass is 9.99. The minimum absolute atomic E-state index is 0.508. The summed E-state index contributed by atoms with van der Waals surface area (Å²) >= 11 is 0. The molecule has 12 aromatic rings. The van der Waals surface area contributed by atoms with E-state index in [1.807, 2.05) is 72.8 Å². The third-order valence-electron chi connectivity index (χ3n) is 11.4. The average molecular weight is 715 g/mol. The molecule has 12 rings (SSSR count). The molecule has 0 bridgehead atoms. The molecule has 6 nitrogen and oxygen atoms in total. The fourth-order valence-electron chi connectivity index (χ4n) is 9.00. The van der Waals surface area contributed by atoms with Gasteiger partial charge in [0.2, 0.25) is 5.69 Å². The van der Waals surface area contributed by atoms with Gasteiger partial charge in [-0.2, -0.15) is 0 Å².